The standard InChI is InChI=1S/C23H28N2O2/c1-24-17-21(19-6-4-3-5-7-19)23(22(24)26)12-14-25(15-13-23)16-18-8-10-20(27-2)11-9-18/h3-11,21H,12-17H2,1-2H3. The minimum absolute atomic E-state index is 0.230. The number of hydrogen-bond donors (Lipinski definition) is 0. The Labute approximate surface area is 161 Å². The second-order valence-electron chi connectivity index (χ2n) is 7.93. The first kappa shape index (κ1) is 18.1. The number of amides is 1. The van der Waals surface area contributed by atoms with Crippen molar-refractivity contribution < 1.29 is 9.53 Å². The Kier molecular flexibility index (Phi) is 4.92. The lowest BCUT2D eigenvalue weighted by atomic mass is 9.68. The Bertz CT molecular complexity index is 780. The molecule has 1 unspecified atom stereocenters. The van der Waals surface area contributed by atoms with E-state index >= 15 is 0 Å². The highest BCUT2D eigenvalue weighted by Gasteiger charge is 2.54. The Morgan fingerprint density at radius 1 is 1.04 bits per heavy atom. The van der Waals surface area contributed by atoms with Crippen molar-refractivity contribution in [2.24, 2.45) is 5.41 Å². The van der Waals surface area contributed by atoms with Crippen LogP contribution in [0.3, 0.4) is 0 Å². The molecule has 2 saturated heterocycles. The quantitative estimate of drug-likeness (QED) is 0.832. The number of carbonyl (C=O) groups excluding carboxylic acids is 1. The lowest BCUT2D eigenvalue weighted by Gasteiger charge is -2.41. The summed E-state index contributed by atoms with van der Waals surface area (Å²) in [6.45, 7) is 3.70. The first-order valence-corrected chi connectivity index (χ1v) is 9.78. The van der Waals surface area contributed by atoms with Gasteiger partial charge in [-0.3, -0.25) is 9.69 Å². The van der Waals surface area contributed by atoms with Crippen LogP contribution in [0.4, 0.5) is 0 Å². The van der Waals surface area contributed by atoms with E-state index in [1.54, 1.807) is 7.11 Å². The van der Waals surface area contributed by atoms with Crippen LogP contribution in [0.2, 0.25) is 0 Å². The van der Waals surface area contributed by atoms with Crippen molar-refractivity contribution >= 4 is 5.91 Å². The van der Waals surface area contributed by atoms with Gasteiger partial charge in [-0.25, -0.2) is 0 Å². The van der Waals surface area contributed by atoms with Crippen LogP contribution in [0.25, 0.3) is 0 Å². The van der Waals surface area contributed by atoms with Gasteiger partial charge in [0.1, 0.15) is 5.75 Å². The summed E-state index contributed by atoms with van der Waals surface area (Å²) in [5, 5.41) is 0. The molecule has 1 spiro atoms. The number of hydrogen-bond acceptors (Lipinski definition) is 3. The molecule has 0 N–H and O–H groups in total. The molecule has 4 rings (SSSR count). The van der Waals surface area contributed by atoms with Crippen LogP contribution in [0.15, 0.2) is 54.6 Å². The van der Waals surface area contributed by atoms with Crippen molar-refractivity contribution in [2.45, 2.75) is 25.3 Å². The largest absolute Gasteiger partial charge is 0.497 e. The molecule has 2 fully saturated rings. The van der Waals surface area contributed by atoms with Crippen LogP contribution in [-0.2, 0) is 11.3 Å². The molecule has 27 heavy (non-hydrogen) atoms. The molecule has 2 heterocycles. The molecular weight excluding hydrogens is 336 g/mol. The normalized spacial score (nSPS) is 22.4. The van der Waals surface area contributed by atoms with Crippen LogP contribution in [0, 0.1) is 5.41 Å². The van der Waals surface area contributed by atoms with Gasteiger partial charge in [0, 0.05) is 26.1 Å². The van der Waals surface area contributed by atoms with Crippen molar-refractivity contribution in [3.05, 3.63) is 65.7 Å². The smallest absolute Gasteiger partial charge is 0.229 e. The van der Waals surface area contributed by atoms with Gasteiger partial charge < -0.3 is 9.64 Å². The van der Waals surface area contributed by atoms with Gasteiger partial charge in [0.15, 0.2) is 0 Å². The van der Waals surface area contributed by atoms with Crippen molar-refractivity contribution in [1.29, 1.82) is 0 Å². The van der Waals surface area contributed by atoms with Crippen LogP contribution in [0.5, 0.6) is 5.75 Å². The predicted molar refractivity (Wildman–Crippen MR) is 107 cm³/mol. The fraction of sp³-hybridized carbons (Fsp3) is 0.435. The van der Waals surface area contributed by atoms with Crippen molar-refractivity contribution in [3.63, 3.8) is 0 Å². The Morgan fingerprint density at radius 2 is 1.70 bits per heavy atom. The number of ether oxygens (including phenoxy) is 1. The summed E-state index contributed by atoms with van der Waals surface area (Å²) in [5.74, 6) is 1.53. The zero-order chi connectivity index (χ0) is 18.9. The minimum Gasteiger partial charge on any atom is -0.497 e. The summed E-state index contributed by atoms with van der Waals surface area (Å²) < 4.78 is 5.24. The number of benzene rings is 2. The van der Waals surface area contributed by atoms with Gasteiger partial charge in [-0.15, -0.1) is 0 Å². The lowest BCUT2D eigenvalue weighted by Crippen LogP contribution is -2.45. The van der Waals surface area contributed by atoms with E-state index in [1.807, 2.05) is 30.1 Å². The first-order valence-electron chi connectivity index (χ1n) is 9.78. The van der Waals surface area contributed by atoms with Crippen molar-refractivity contribution in [2.75, 3.05) is 33.8 Å². The van der Waals surface area contributed by atoms with E-state index < -0.39 is 0 Å². The third-order valence-corrected chi connectivity index (χ3v) is 6.41. The number of methoxy groups -OCH3 is 1. The molecule has 1 amide bonds. The summed E-state index contributed by atoms with van der Waals surface area (Å²) in [6.07, 6.45) is 1.87. The number of nitrogens with zero attached hydrogens (tertiary/aromatic N) is 2. The maximum Gasteiger partial charge on any atom is 0.229 e. The van der Waals surface area contributed by atoms with E-state index in [4.69, 9.17) is 4.74 Å². The molecule has 1 atom stereocenters. The molecule has 0 aliphatic carbocycles. The second kappa shape index (κ2) is 7.35. The van der Waals surface area contributed by atoms with Gasteiger partial charge in [-0.2, -0.15) is 0 Å². The molecule has 4 nitrogen and oxygen atoms in total. The fourth-order valence-corrected chi connectivity index (χ4v) is 4.83. The van der Waals surface area contributed by atoms with Gasteiger partial charge in [-0.05, 0) is 49.2 Å². The maximum absolute atomic E-state index is 13.1. The van der Waals surface area contributed by atoms with E-state index in [0.717, 1.165) is 44.8 Å². The summed E-state index contributed by atoms with van der Waals surface area (Å²) in [7, 11) is 3.65. The predicted octanol–water partition coefficient (Wildman–Crippen LogP) is 3.53. The number of likely N-dealkylation sites (N-methyl/N-ethyl adjacent to an activating group) is 1. The molecule has 0 saturated carbocycles. The van der Waals surface area contributed by atoms with Gasteiger partial charge in [0.2, 0.25) is 5.91 Å². The first-order chi connectivity index (χ1) is 13.1. The van der Waals surface area contributed by atoms with E-state index in [9.17, 15) is 4.79 Å². The number of piperidine rings is 1. The van der Waals surface area contributed by atoms with Gasteiger partial charge in [0.05, 0.1) is 12.5 Å². The topological polar surface area (TPSA) is 32.8 Å². The highest BCUT2D eigenvalue weighted by atomic mass is 16.5. The van der Waals surface area contributed by atoms with Crippen molar-refractivity contribution in [3.8, 4) is 5.75 Å². The average Bonchev–Trinajstić information content (AvgIpc) is 2.96. The van der Waals surface area contributed by atoms with E-state index in [-0.39, 0.29) is 5.41 Å². The zero-order valence-corrected chi connectivity index (χ0v) is 16.2. The van der Waals surface area contributed by atoms with Crippen LogP contribution in [-0.4, -0.2) is 49.5 Å². The van der Waals surface area contributed by atoms with E-state index in [1.165, 1.54) is 11.1 Å². The zero-order valence-electron chi connectivity index (χ0n) is 16.2. The summed E-state index contributed by atoms with van der Waals surface area (Å²) in [6, 6.07) is 18.9. The summed E-state index contributed by atoms with van der Waals surface area (Å²) in [4.78, 5) is 17.5. The molecular formula is C23H28N2O2. The Balaban J connectivity index is 1.47. The van der Waals surface area contributed by atoms with Crippen LogP contribution >= 0.6 is 0 Å². The molecule has 4 heteroatoms. The molecule has 0 aromatic heterocycles. The summed E-state index contributed by atoms with van der Waals surface area (Å²) >= 11 is 0. The third kappa shape index (κ3) is 3.34. The molecule has 2 aromatic carbocycles. The fourth-order valence-electron chi connectivity index (χ4n) is 4.83. The lowest BCUT2D eigenvalue weighted by molar-refractivity contribution is -0.137. The molecule has 0 radical (unpaired) electrons. The molecule has 0 bridgehead atoms. The highest BCUT2D eigenvalue weighted by molar-refractivity contribution is 5.86. The van der Waals surface area contributed by atoms with Crippen LogP contribution < -0.4 is 4.74 Å². The minimum atomic E-state index is -0.230. The highest BCUT2D eigenvalue weighted by Crippen LogP contribution is 2.50. The third-order valence-electron chi connectivity index (χ3n) is 6.41. The molecule has 2 aliphatic rings. The molecule has 2 aromatic rings. The van der Waals surface area contributed by atoms with Gasteiger partial charge >= 0.3 is 0 Å². The SMILES string of the molecule is COc1ccc(CN2CCC3(CC2)C(=O)N(C)CC3c2ccccc2)cc1. The average molecular weight is 364 g/mol. The monoisotopic (exact) mass is 364 g/mol. The number of carbonyl (C=O) groups is 1. The van der Waals surface area contributed by atoms with Gasteiger partial charge in [-0.1, -0.05) is 42.5 Å². The van der Waals surface area contributed by atoms with Crippen molar-refractivity contribution in [1.82, 2.24) is 9.80 Å². The summed E-state index contributed by atoms with van der Waals surface area (Å²) in [5.41, 5.74) is 2.37. The number of rotatable bonds is 4. The Hall–Kier alpha value is -2.33. The van der Waals surface area contributed by atoms with Crippen LogP contribution in [0.1, 0.15) is 29.9 Å². The number of likely N-dealkylation sites (tertiary alicyclic amines) is 2. The van der Waals surface area contributed by atoms with E-state index in [0.29, 0.717) is 11.8 Å². The second-order valence-corrected chi connectivity index (χ2v) is 7.93. The molecule has 2 aliphatic heterocycles. The Morgan fingerprint density at radius 3 is 2.33 bits per heavy atom. The van der Waals surface area contributed by atoms with E-state index in [2.05, 4.69) is 41.3 Å². The maximum atomic E-state index is 13.1. The molecule has 142 valence electrons. The van der Waals surface area contributed by atoms with Gasteiger partial charge in [0.25, 0.3) is 0 Å².